The van der Waals surface area contributed by atoms with E-state index in [0.717, 1.165) is 17.0 Å². The van der Waals surface area contributed by atoms with Crippen molar-refractivity contribution in [1.82, 2.24) is 0 Å². The van der Waals surface area contributed by atoms with Gasteiger partial charge < -0.3 is 24.0 Å². The molecule has 0 aliphatic heterocycles. The maximum atomic E-state index is 2.57. The van der Waals surface area contributed by atoms with Crippen molar-refractivity contribution < 1.29 is 24.0 Å². The third-order valence-corrected chi connectivity index (χ3v) is 14.1. The van der Waals surface area contributed by atoms with E-state index in [1.165, 1.54) is 57.8 Å². The van der Waals surface area contributed by atoms with Crippen LogP contribution in [0.2, 0.25) is 0 Å². The molecule has 0 nitrogen and oxygen atoms in total. The molecule has 0 N–H and O–H groups in total. The lowest BCUT2D eigenvalue weighted by molar-refractivity contribution is -0.00000514. The smallest absolute Gasteiger partial charge is 0.0948 e. The number of hydrogen-bond donors (Lipinski definition) is 0. The minimum Gasteiger partial charge on any atom is -1.00 e. The van der Waals surface area contributed by atoms with E-state index in [1.807, 2.05) is 5.30 Å². The summed E-state index contributed by atoms with van der Waals surface area (Å²) in [4.78, 5) is 0. The van der Waals surface area contributed by atoms with E-state index in [2.05, 4.69) is 30.3 Å². The van der Waals surface area contributed by atoms with Gasteiger partial charge >= 0.3 is 0 Å². The van der Waals surface area contributed by atoms with Gasteiger partial charge in [0.1, 0.15) is 0 Å². The largest absolute Gasteiger partial charge is 1.00 e. The second-order valence-electron chi connectivity index (χ2n) is 9.05. The molecule has 0 atom stereocenters. The summed E-state index contributed by atoms with van der Waals surface area (Å²) in [6.45, 7) is 0. The lowest BCUT2D eigenvalue weighted by atomic mass is 9.99. The van der Waals surface area contributed by atoms with Gasteiger partial charge in [-0.15, -0.1) is 0 Å². The van der Waals surface area contributed by atoms with E-state index >= 15 is 0 Å². The highest BCUT2D eigenvalue weighted by Crippen LogP contribution is 2.76. The molecule has 3 aliphatic carbocycles. The number of hydrogen-bond acceptors (Lipinski definition) is 0. The normalized spacial score (nSPS) is 24.2. The Kier molecular flexibility index (Phi) is 8.31. The first-order valence-electron chi connectivity index (χ1n) is 11.4. The van der Waals surface area contributed by atoms with Crippen molar-refractivity contribution in [3.05, 3.63) is 30.3 Å². The van der Waals surface area contributed by atoms with Crippen LogP contribution in [0.4, 0.5) is 0 Å². The van der Waals surface area contributed by atoms with Crippen LogP contribution in [0.3, 0.4) is 0 Å². The van der Waals surface area contributed by atoms with E-state index < -0.39 is 7.26 Å². The zero-order chi connectivity index (χ0) is 17.0. The molecule has 26 heavy (non-hydrogen) atoms. The highest BCUT2D eigenvalue weighted by molar-refractivity contribution is 7.84. The van der Waals surface area contributed by atoms with Gasteiger partial charge in [0, 0.05) is 0 Å². The average Bonchev–Trinajstić information content (AvgIpc) is 2.72. The molecule has 3 saturated carbocycles. The Morgan fingerprint density at radius 2 is 0.846 bits per heavy atom. The van der Waals surface area contributed by atoms with Crippen LogP contribution in [0, 0.1) is 0 Å². The first-order chi connectivity index (χ1) is 12.4. The summed E-state index contributed by atoms with van der Waals surface area (Å²) in [7, 11) is -1.07. The van der Waals surface area contributed by atoms with Crippen molar-refractivity contribution in [3.8, 4) is 0 Å². The first-order valence-corrected chi connectivity index (χ1v) is 13.4. The second kappa shape index (κ2) is 10.2. The average molecular weight is 484 g/mol. The summed E-state index contributed by atoms with van der Waals surface area (Å²) in [5, 5.41) is 1.85. The van der Waals surface area contributed by atoms with Crippen LogP contribution in [0.1, 0.15) is 96.3 Å². The maximum Gasteiger partial charge on any atom is 0.0948 e. The third kappa shape index (κ3) is 4.19. The van der Waals surface area contributed by atoms with Crippen LogP contribution in [-0.2, 0) is 0 Å². The molecule has 3 aliphatic rings. The Labute approximate surface area is 179 Å². The highest BCUT2D eigenvalue weighted by atomic mass is 127. The molecule has 1 aromatic carbocycles. The SMILES string of the molecule is [I-].c1ccc([P+](C2CCCCC2)(C2CCCCC2)C2CCCCC2)cc1. The molecule has 2 heteroatoms. The van der Waals surface area contributed by atoms with E-state index in [0.29, 0.717) is 0 Å². The number of halogens is 1. The van der Waals surface area contributed by atoms with E-state index in [4.69, 9.17) is 0 Å². The Morgan fingerprint density at radius 3 is 1.19 bits per heavy atom. The fourth-order valence-electron chi connectivity index (χ4n) is 6.74. The van der Waals surface area contributed by atoms with Gasteiger partial charge in [-0.2, -0.15) is 0 Å². The van der Waals surface area contributed by atoms with Crippen LogP contribution in [0.15, 0.2) is 30.3 Å². The Bertz CT molecular complexity index is 465. The molecule has 0 aromatic heterocycles. The molecule has 0 radical (unpaired) electrons. The topological polar surface area (TPSA) is 0 Å². The predicted octanol–water partition coefficient (Wildman–Crippen LogP) is 4.33. The van der Waals surface area contributed by atoms with Crippen LogP contribution in [0.5, 0.6) is 0 Å². The highest BCUT2D eigenvalue weighted by Gasteiger charge is 2.58. The summed E-state index contributed by atoms with van der Waals surface area (Å²) in [6, 6.07) is 12.1. The molecule has 0 saturated heterocycles. The zero-order valence-electron chi connectivity index (χ0n) is 16.6. The van der Waals surface area contributed by atoms with Gasteiger partial charge in [0.2, 0.25) is 0 Å². The van der Waals surface area contributed by atoms with Gasteiger partial charge in [0.15, 0.2) is 0 Å². The molecule has 0 spiro atoms. The third-order valence-electron chi connectivity index (χ3n) is 7.74. The molecule has 146 valence electrons. The molecule has 3 fully saturated rings. The van der Waals surface area contributed by atoms with Crippen molar-refractivity contribution in [2.24, 2.45) is 0 Å². The van der Waals surface area contributed by atoms with Crippen LogP contribution >= 0.6 is 7.26 Å². The monoisotopic (exact) mass is 484 g/mol. The summed E-state index contributed by atoms with van der Waals surface area (Å²) in [6.07, 6.45) is 22.9. The van der Waals surface area contributed by atoms with Crippen LogP contribution in [-0.4, -0.2) is 17.0 Å². The van der Waals surface area contributed by atoms with Crippen molar-refractivity contribution in [2.45, 2.75) is 113 Å². The molecule has 1 aromatic rings. The summed E-state index contributed by atoms with van der Waals surface area (Å²) in [5.74, 6) is 0. The molecule has 4 rings (SSSR count). The van der Waals surface area contributed by atoms with E-state index in [1.54, 1.807) is 38.5 Å². The fraction of sp³-hybridized carbons (Fsp3) is 0.750. The van der Waals surface area contributed by atoms with Crippen molar-refractivity contribution in [3.63, 3.8) is 0 Å². The quantitative estimate of drug-likeness (QED) is 0.441. The Morgan fingerprint density at radius 1 is 0.500 bits per heavy atom. The number of rotatable bonds is 4. The Hall–Kier alpha value is 0.380. The van der Waals surface area contributed by atoms with Crippen molar-refractivity contribution in [1.29, 1.82) is 0 Å². The van der Waals surface area contributed by atoms with Gasteiger partial charge in [-0.3, -0.25) is 0 Å². The van der Waals surface area contributed by atoms with E-state index in [9.17, 15) is 0 Å². The summed E-state index contributed by atoms with van der Waals surface area (Å²) in [5.41, 5.74) is 3.19. The molecule has 0 unspecified atom stereocenters. The predicted molar refractivity (Wildman–Crippen MR) is 114 cm³/mol. The minimum absolute atomic E-state index is 0. The summed E-state index contributed by atoms with van der Waals surface area (Å²) >= 11 is 0. The zero-order valence-corrected chi connectivity index (χ0v) is 19.6. The van der Waals surface area contributed by atoms with Crippen molar-refractivity contribution >= 4 is 12.6 Å². The molecule has 0 heterocycles. The van der Waals surface area contributed by atoms with Gasteiger partial charge in [-0.25, -0.2) is 0 Å². The molecular formula is C24H38IP. The van der Waals surface area contributed by atoms with Gasteiger partial charge in [-0.05, 0) is 89.2 Å². The molecule has 0 bridgehead atoms. The first kappa shape index (κ1) is 21.1. The van der Waals surface area contributed by atoms with Crippen molar-refractivity contribution in [2.75, 3.05) is 0 Å². The second-order valence-corrected chi connectivity index (χ2v) is 13.4. The minimum atomic E-state index is -1.07. The van der Waals surface area contributed by atoms with Crippen LogP contribution in [0.25, 0.3) is 0 Å². The lowest BCUT2D eigenvalue weighted by Gasteiger charge is -2.48. The van der Waals surface area contributed by atoms with Gasteiger partial charge in [0.25, 0.3) is 0 Å². The standard InChI is InChI=1S/C24H38P.HI/c1-5-13-21(14-6-1)25(22-15-7-2-8-16-22,23-17-9-3-10-18-23)24-19-11-4-12-20-24;/h1,5-6,13-14,22-24H,2-4,7-12,15-20H2;1H/q+1;/p-1. The molecular weight excluding hydrogens is 446 g/mol. The maximum absolute atomic E-state index is 2.57. The van der Waals surface area contributed by atoms with Gasteiger partial charge in [-0.1, -0.05) is 37.5 Å². The van der Waals surface area contributed by atoms with E-state index in [-0.39, 0.29) is 24.0 Å². The summed E-state index contributed by atoms with van der Waals surface area (Å²) < 4.78 is 0. The number of benzene rings is 1. The molecule has 0 amide bonds. The van der Waals surface area contributed by atoms with Crippen LogP contribution < -0.4 is 29.3 Å². The Balaban J connectivity index is 0.00000196. The van der Waals surface area contributed by atoms with Gasteiger partial charge in [0.05, 0.1) is 29.5 Å². The lowest BCUT2D eigenvalue weighted by Crippen LogP contribution is -3.00. The fourth-order valence-corrected chi connectivity index (χ4v) is 14.1.